The summed E-state index contributed by atoms with van der Waals surface area (Å²) in [5.74, 6) is 1.11. The van der Waals surface area contributed by atoms with Crippen LogP contribution in [0.5, 0.6) is 17.2 Å². The molecule has 0 spiro atoms. The Morgan fingerprint density at radius 2 is 1.85 bits per heavy atom. The molecule has 8 heteroatoms. The average molecular weight is 481 g/mol. The van der Waals surface area contributed by atoms with E-state index in [9.17, 15) is 9.90 Å². The molecule has 0 bridgehead atoms. The minimum absolute atomic E-state index is 0.159. The molecule has 0 atom stereocenters. The van der Waals surface area contributed by atoms with Crippen LogP contribution in [0.1, 0.15) is 18.1 Å². The van der Waals surface area contributed by atoms with Crippen molar-refractivity contribution in [2.24, 2.45) is 4.99 Å². The number of rotatable bonds is 7. The van der Waals surface area contributed by atoms with E-state index in [0.717, 1.165) is 11.1 Å². The van der Waals surface area contributed by atoms with Gasteiger partial charge in [0.2, 0.25) is 0 Å². The first-order chi connectivity index (χ1) is 16.0. The van der Waals surface area contributed by atoms with Crippen LogP contribution in [0.4, 0.5) is 5.69 Å². The summed E-state index contributed by atoms with van der Waals surface area (Å²) in [5.41, 5.74) is 2.31. The number of nitrogens with one attached hydrogen (secondary N) is 1. The van der Waals surface area contributed by atoms with E-state index in [0.29, 0.717) is 45.5 Å². The summed E-state index contributed by atoms with van der Waals surface area (Å²) < 4.78 is 11.7. The highest BCUT2D eigenvalue weighted by Crippen LogP contribution is 2.33. The normalized spacial score (nSPS) is 15.6. The molecule has 1 amide bonds. The summed E-state index contributed by atoms with van der Waals surface area (Å²) in [5, 5.41) is 13.3. The lowest BCUT2D eigenvalue weighted by Crippen LogP contribution is -2.19. The number of carbonyl (C=O) groups excluding carboxylic acids is 1. The lowest BCUT2D eigenvalue weighted by molar-refractivity contribution is -0.115. The lowest BCUT2D eigenvalue weighted by atomic mass is 10.2. The lowest BCUT2D eigenvalue weighted by Gasteiger charge is -2.13. The largest absolute Gasteiger partial charge is 0.508 e. The van der Waals surface area contributed by atoms with Crippen LogP contribution < -0.4 is 14.8 Å². The number of hydrogen-bond donors (Lipinski definition) is 2. The molecular formula is C25H21ClN2O4S. The van der Waals surface area contributed by atoms with Crippen LogP contribution in [-0.4, -0.2) is 22.8 Å². The number of ether oxygens (including phenoxy) is 2. The smallest absolute Gasteiger partial charge is 0.264 e. The fraction of sp³-hybridized carbons (Fsp3) is 0.120. The van der Waals surface area contributed by atoms with Gasteiger partial charge in [-0.15, -0.1) is 0 Å². The van der Waals surface area contributed by atoms with Gasteiger partial charge in [0.1, 0.15) is 12.4 Å². The maximum absolute atomic E-state index is 12.4. The molecule has 0 aliphatic carbocycles. The zero-order chi connectivity index (χ0) is 23.2. The second-order valence-electron chi connectivity index (χ2n) is 7.02. The summed E-state index contributed by atoms with van der Waals surface area (Å²) in [6, 6.07) is 19.5. The van der Waals surface area contributed by atoms with Crippen molar-refractivity contribution in [1.82, 2.24) is 5.32 Å². The van der Waals surface area contributed by atoms with Crippen LogP contribution in [0.2, 0.25) is 5.02 Å². The van der Waals surface area contributed by atoms with Gasteiger partial charge in [-0.1, -0.05) is 35.9 Å². The first-order valence-corrected chi connectivity index (χ1v) is 11.4. The molecule has 0 radical (unpaired) electrons. The van der Waals surface area contributed by atoms with Crippen LogP contribution in [0.15, 0.2) is 76.6 Å². The third-order valence-electron chi connectivity index (χ3n) is 4.64. The number of aliphatic imine (C=N–C) groups is 1. The first kappa shape index (κ1) is 22.8. The van der Waals surface area contributed by atoms with E-state index in [4.69, 9.17) is 21.1 Å². The topological polar surface area (TPSA) is 80.2 Å². The predicted octanol–water partition coefficient (Wildman–Crippen LogP) is 5.91. The van der Waals surface area contributed by atoms with E-state index < -0.39 is 0 Å². The number of phenolic OH excluding ortho intramolecular Hbond substituents is 1. The molecule has 1 aliphatic heterocycles. The fourth-order valence-corrected chi connectivity index (χ4v) is 4.08. The minimum atomic E-state index is -0.227. The van der Waals surface area contributed by atoms with Gasteiger partial charge in [-0.25, -0.2) is 4.99 Å². The molecule has 0 aromatic heterocycles. The van der Waals surface area contributed by atoms with Crippen molar-refractivity contribution in [3.05, 3.63) is 87.8 Å². The summed E-state index contributed by atoms with van der Waals surface area (Å²) in [7, 11) is 0. The average Bonchev–Trinajstić information content (AvgIpc) is 3.14. The van der Waals surface area contributed by atoms with E-state index in [-0.39, 0.29) is 11.7 Å². The Balaban J connectivity index is 1.51. The van der Waals surface area contributed by atoms with Gasteiger partial charge in [0.15, 0.2) is 16.7 Å². The number of aromatic hydroxyl groups is 1. The molecule has 1 saturated heterocycles. The SMILES string of the molecule is CCOc1cc(/C=C2\SC(=Nc3ccc(O)cc3)NC2=O)ccc1OCc1ccccc1Cl. The van der Waals surface area contributed by atoms with Crippen molar-refractivity contribution in [3.8, 4) is 17.2 Å². The Bertz CT molecular complexity index is 1230. The van der Waals surface area contributed by atoms with Crippen LogP contribution >= 0.6 is 23.4 Å². The molecule has 0 saturated carbocycles. The first-order valence-electron chi connectivity index (χ1n) is 10.2. The number of thioether (sulfide) groups is 1. The molecule has 33 heavy (non-hydrogen) atoms. The second kappa shape index (κ2) is 10.5. The fourth-order valence-electron chi connectivity index (χ4n) is 3.05. The van der Waals surface area contributed by atoms with Gasteiger partial charge in [-0.3, -0.25) is 4.79 Å². The van der Waals surface area contributed by atoms with Crippen LogP contribution in [0.3, 0.4) is 0 Å². The minimum Gasteiger partial charge on any atom is -0.508 e. The number of carbonyl (C=O) groups is 1. The number of amidine groups is 1. The van der Waals surface area contributed by atoms with Crippen molar-refractivity contribution in [3.63, 3.8) is 0 Å². The number of hydrogen-bond acceptors (Lipinski definition) is 6. The van der Waals surface area contributed by atoms with E-state index >= 15 is 0 Å². The maximum atomic E-state index is 12.4. The number of nitrogens with zero attached hydrogens (tertiary/aromatic N) is 1. The second-order valence-corrected chi connectivity index (χ2v) is 8.46. The Hall–Kier alpha value is -3.42. The van der Waals surface area contributed by atoms with E-state index in [2.05, 4.69) is 10.3 Å². The molecule has 2 N–H and O–H groups in total. The van der Waals surface area contributed by atoms with Gasteiger partial charge in [-0.05, 0) is 72.8 Å². The third-order valence-corrected chi connectivity index (χ3v) is 5.92. The molecule has 0 unspecified atom stereocenters. The highest BCUT2D eigenvalue weighted by Gasteiger charge is 2.24. The van der Waals surface area contributed by atoms with Crippen molar-refractivity contribution < 1.29 is 19.4 Å². The standard InChI is InChI=1S/C25H21ClN2O4S/c1-2-31-22-13-16(7-12-21(22)32-15-17-5-3-4-6-20(17)26)14-23-24(30)28-25(33-23)27-18-8-10-19(29)11-9-18/h3-14,29H,2,15H2,1H3,(H,27,28,30)/b23-14-. The van der Waals surface area contributed by atoms with Crippen LogP contribution in [0, 0.1) is 0 Å². The quantitative estimate of drug-likeness (QED) is 0.410. The van der Waals surface area contributed by atoms with Crippen molar-refractivity contribution in [2.75, 3.05) is 6.61 Å². The summed E-state index contributed by atoms with van der Waals surface area (Å²) in [4.78, 5) is 17.3. The summed E-state index contributed by atoms with van der Waals surface area (Å²) >= 11 is 7.46. The van der Waals surface area contributed by atoms with Crippen molar-refractivity contribution in [1.29, 1.82) is 0 Å². The Labute approximate surface area is 200 Å². The van der Waals surface area contributed by atoms with E-state index in [1.54, 1.807) is 30.3 Å². The molecule has 3 aromatic carbocycles. The van der Waals surface area contributed by atoms with Crippen LogP contribution in [0.25, 0.3) is 6.08 Å². The van der Waals surface area contributed by atoms with Gasteiger partial charge in [0.25, 0.3) is 5.91 Å². The van der Waals surface area contributed by atoms with E-state index in [1.807, 2.05) is 49.4 Å². The van der Waals surface area contributed by atoms with Gasteiger partial charge in [0.05, 0.1) is 17.2 Å². The predicted molar refractivity (Wildman–Crippen MR) is 132 cm³/mol. The number of benzene rings is 3. The molecule has 3 aromatic rings. The molecule has 1 aliphatic rings. The zero-order valence-electron chi connectivity index (χ0n) is 17.7. The Kier molecular flexibility index (Phi) is 7.22. The number of halogens is 1. The summed E-state index contributed by atoms with van der Waals surface area (Å²) in [6.07, 6.45) is 1.78. The van der Waals surface area contributed by atoms with Crippen molar-refractivity contribution in [2.45, 2.75) is 13.5 Å². The van der Waals surface area contributed by atoms with Gasteiger partial charge < -0.3 is 19.9 Å². The molecule has 6 nitrogen and oxygen atoms in total. The van der Waals surface area contributed by atoms with Gasteiger partial charge in [-0.2, -0.15) is 0 Å². The summed E-state index contributed by atoms with van der Waals surface area (Å²) in [6.45, 7) is 2.69. The molecule has 4 rings (SSSR count). The molecule has 1 heterocycles. The molecule has 1 fully saturated rings. The Morgan fingerprint density at radius 1 is 1.06 bits per heavy atom. The van der Waals surface area contributed by atoms with E-state index in [1.165, 1.54) is 11.8 Å². The van der Waals surface area contributed by atoms with Gasteiger partial charge >= 0.3 is 0 Å². The van der Waals surface area contributed by atoms with Crippen LogP contribution in [-0.2, 0) is 11.4 Å². The zero-order valence-corrected chi connectivity index (χ0v) is 19.3. The third kappa shape index (κ3) is 5.88. The maximum Gasteiger partial charge on any atom is 0.264 e. The Morgan fingerprint density at radius 3 is 2.61 bits per heavy atom. The molecule has 168 valence electrons. The highest BCUT2D eigenvalue weighted by atomic mass is 35.5. The molecular weight excluding hydrogens is 460 g/mol. The van der Waals surface area contributed by atoms with Gasteiger partial charge in [0, 0.05) is 10.6 Å². The van der Waals surface area contributed by atoms with Crippen molar-refractivity contribution >= 4 is 46.2 Å². The monoisotopic (exact) mass is 480 g/mol. The number of phenols is 1. The number of amides is 1. The highest BCUT2D eigenvalue weighted by molar-refractivity contribution is 8.18.